The number of rotatable bonds is 5. The van der Waals surface area contributed by atoms with Gasteiger partial charge in [-0.3, -0.25) is 4.79 Å². The van der Waals surface area contributed by atoms with Crippen LogP contribution >= 0.6 is 0 Å². The van der Waals surface area contributed by atoms with Crippen LogP contribution in [0.4, 0.5) is 0 Å². The molecule has 0 N–H and O–H groups in total. The van der Waals surface area contributed by atoms with Crippen LogP contribution < -0.4 is 18.9 Å². The van der Waals surface area contributed by atoms with Crippen molar-refractivity contribution >= 4 is 11.9 Å². The van der Waals surface area contributed by atoms with E-state index >= 15 is 0 Å². The second-order valence-corrected chi connectivity index (χ2v) is 5.17. The van der Waals surface area contributed by atoms with E-state index in [1.165, 1.54) is 6.08 Å². The van der Waals surface area contributed by atoms with Crippen molar-refractivity contribution in [3.05, 3.63) is 53.6 Å². The summed E-state index contributed by atoms with van der Waals surface area (Å²) in [6, 6.07) is 10.6. The van der Waals surface area contributed by atoms with Gasteiger partial charge in [0.1, 0.15) is 19.0 Å². The maximum atomic E-state index is 12.2. The van der Waals surface area contributed by atoms with Crippen LogP contribution in [0.15, 0.2) is 42.5 Å². The molecule has 1 aliphatic rings. The molecule has 0 atom stereocenters. The van der Waals surface area contributed by atoms with Crippen molar-refractivity contribution in [3.63, 3.8) is 0 Å². The van der Waals surface area contributed by atoms with Gasteiger partial charge in [0.2, 0.25) is 5.75 Å². The minimum Gasteiger partial charge on any atom is -0.497 e. The van der Waals surface area contributed by atoms with Crippen LogP contribution in [-0.2, 0) is 0 Å². The highest BCUT2D eigenvalue weighted by molar-refractivity contribution is 6.06. The predicted octanol–water partition coefficient (Wildman–Crippen LogP) is 3.37. The van der Waals surface area contributed by atoms with Gasteiger partial charge in [-0.05, 0) is 48.0 Å². The SMILES string of the molecule is COc1ccc(C(=O)/C=C/c2cc(OC)c3c(c2)OCCO3)cc1. The number of ketones is 1. The van der Waals surface area contributed by atoms with E-state index in [1.54, 1.807) is 44.6 Å². The lowest BCUT2D eigenvalue weighted by atomic mass is 10.1. The fourth-order valence-corrected chi connectivity index (χ4v) is 2.41. The molecule has 1 aliphatic heterocycles. The fraction of sp³-hybridized carbons (Fsp3) is 0.211. The Kier molecular flexibility index (Phi) is 4.70. The molecule has 1 heterocycles. The number of hydrogen-bond donors (Lipinski definition) is 0. The first kappa shape index (κ1) is 15.9. The van der Waals surface area contributed by atoms with Crippen LogP contribution in [0.5, 0.6) is 23.0 Å². The summed E-state index contributed by atoms with van der Waals surface area (Å²) in [5.74, 6) is 2.43. The largest absolute Gasteiger partial charge is 0.497 e. The maximum Gasteiger partial charge on any atom is 0.203 e. The third-order valence-corrected chi connectivity index (χ3v) is 3.65. The Morgan fingerprint density at radius 2 is 1.79 bits per heavy atom. The molecule has 124 valence electrons. The van der Waals surface area contributed by atoms with Crippen LogP contribution in [0.2, 0.25) is 0 Å². The van der Waals surface area contributed by atoms with Crippen LogP contribution in [-0.4, -0.2) is 33.2 Å². The molecular weight excluding hydrogens is 308 g/mol. The van der Waals surface area contributed by atoms with Gasteiger partial charge < -0.3 is 18.9 Å². The Labute approximate surface area is 140 Å². The number of hydrogen-bond acceptors (Lipinski definition) is 5. The van der Waals surface area contributed by atoms with Crippen molar-refractivity contribution in [2.75, 3.05) is 27.4 Å². The summed E-state index contributed by atoms with van der Waals surface area (Å²) in [5, 5.41) is 0. The Morgan fingerprint density at radius 1 is 1.04 bits per heavy atom. The summed E-state index contributed by atoms with van der Waals surface area (Å²) < 4.78 is 21.6. The highest BCUT2D eigenvalue weighted by atomic mass is 16.6. The van der Waals surface area contributed by atoms with Gasteiger partial charge in [0.25, 0.3) is 0 Å². The number of fused-ring (bicyclic) bond motifs is 1. The standard InChI is InChI=1S/C19H18O5/c1-21-15-6-4-14(5-7-15)16(20)8-3-13-11-17(22-2)19-18(12-13)23-9-10-24-19/h3-8,11-12H,9-10H2,1-2H3/b8-3+. The van der Waals surface area contributed by atoms with Gasteiger partial charge in [0.05, 0.1) is 14.2 Å². The summed E-state index contributed by atoms with van der Waals surface area (Å²) in [7, 11) is 3.16. The molecule has 0 amide bonds. The summed E-state index contributed by atoms with van der Waals surface area (Å²) in [6.07, 6.45) is 3.25. The topological polar surface area (TPSA) is 54.0 Å². The molecule has 0 fully saturated rings. The van der Waals surface area contributed by atoms with Gasteiger partial charge >= 0.3 is 0 Å². The second-order valence-electron chi connectivity index (χ2n) is 5.17. The molecule has 0 aliphatic carbocycles. The quantitative estimate of drug-likeness (QED) is 0.623. The Morgan fingerprint density at radius 3 is 2.50 bits per heavy atom. The molecule has 2 aromatic rings. The van der Waals surface area contributed by atoms with Crippen LogP contribution in [0, 0.1) is 0 Å². The zero-order chi connectivity index (χ0) is 16.9. The number of allylic oxidation sites excluding steroid dienone is 1. The molecule has 3 rings (SSSR count). The Hall–Kier alpha value is -2.95. The van der Waals surface area contributed by atoms with E-state index in [-0.39, 0.29) is 5.78 Å². The predicted molar refractivity (Wildman–Crippen MR) is 90.3 cm³/mol. The normalized spacial score (nSPS) is 12.9. The number of carbonyl (C=O) groups is 1. The maximum absolute atomic E-state index is 12.2. The third-order valence-electron chi connectivity index (χ3n) is 3.65. The van der Waals surface area contributed by atoms with Gasteiger partial charge in [-0.1, -0.05) is 6.08 Å². The van der Waals surface area contributed by atoms with Crippen LogP contribution in [0.25, 0.3) is 6.08 Å². The fourth-order valence-electron chi connectivity index (χ4n) is 2.41. The number of carbonyl (C=O) groups excluding carboxylic acids is 1. The lowest BCUT2D eigenvalue weighted by Crippen LogP contribution is -2.16. The zero-order valence-electron chi connectivity index (χ0n) is 13.6. The molecule has 5 heteroatoms. The molecule has 0 bridgehead atoms. The Bertz CT molecular complexity index is 745. The van der Waals surface area contributed by atoms with Crippen molar-refractivity contribution in [1.82, 2.24) is 0 Å². The average Bonchev–Trinajstić information content (AvgIpc) is 2.65. The average molecular weight is 326 g/mol. The van der Waals surface area contributed by atoms with E-state index in [9.17, 15) is 4.79 Å². The van der Waals surface area contributed by atoms with Gasteiger partial charge in [-0.2, -0.15) is 0 Å². The summed E-state index contributed by atoms with van der Waals surface area (Å²) in [6.45, 7) is 0.989. The number of methoxy groups -OCH3 is 2. The first-order chi connectivity index (χ1) is 11.7. The molecule has 0 radical (unpaired) electrons. The molecule has 0 aromatic heterocycles. The minimum absolute atomic E-state index is 0.0912. The monoisotopic (exact) mass is 326 g/mol. The molecule has 0 spiro atoms. The number of ether oxygens (including phenoxy) is 4. The van der Waals surface area contributed by atoms with Gasteiger partial charge in [-0.15, -0.1) is 0 Å². The van der Waals surface area contributed by atoms with Crippen LogP contribution in [0.3, 0.4) is 0 Å². The highest BCUT2D eigenvalue weighted by Gasteiger charge is 2.17. The first-order valence-electron chi connectivity index (χ1n) is 7.55. The third kappa shape index (κ3) is 3.35. The van der Waals surface area contributed by atoms with E-state index in [0.717, 1.165) is 5.56 Å². The molecule has 0 saturated heterocycles. The van der Waals surface area contributed by atoms with E-state index in [0.29, 0.717) is 41.8 Å². The van der Waals surface area contributed by atoms with Crippen molar-refractivity contribution in [2.24, 2.45) is 0 Å². The van der Waals surface area contributed by atoms with E-state index in [2.05, 4.69) is 0 Å². The zero-order valence-corrected chi connectivity index (χ0v) is 13.6. The van der Waals surface area contributed by atoms with Crippen molar-refractivity contribution < 1.29 is 23.7 Å². The van der Waals surface area contributed by atoms with E-state index in [1.807, 2.05) is 12.1 Å². The van der Waals surface area contributed by atoms with Gasteiger partial charge in [-0.25, -0.2) is 0 Å². The highest BCUT2D eigenvalue weighted by Crippen LogP contribution is 2.40. The molecule has 24 heavy (non-hydrogen) atoms. The molecular formula is C19H18O5. The summed E-state index contributed by atoms with van der Waals surface area (Å²) in [5.41, 5.74) is 1.40. The van der Waals surface area contributed by atoms with Crippen molar-refractivity contribution in [1.29, 1.82) is 0 Å². The number of benzene rings is 2. The van der Waals surface area contributed by atoms with E-state index < -0.39 is 0 Å². The van der Waals surface area contributed by atoms with Crippen molar-refractivity contribution in [2.45, 2.75) is 0 Å². The molecule has 0 unspecified atom stereocenters. The van der Waals surface area contributed by atoms with E-state index in [4.69, 9.17) is 18.9 Å². The Balaban J connectivity index is 1.81. The second kappa shape index (κ2) is 7.08. The van der Waals surface area contributed by atoms with Crippen molar-refractivity contribution in [3.8, 4) is 23.0 Å². The smallest absolute Gasteiger partial charge is 0.203 e. The summed E-state index contributed by atoms with van der Waals surface area (Å²) in [4.78, 5) is 12.2. The molecule has 2 aromatic carbocycles. The van der Waals surface area contributed by atoms with Crippen LogP contribution in [0.1, 0.15) is 15.9 Å². The van der Waals surface area contributed by atoms with Gasteiger partial charge in [0.15, 0.2) is 17.3 Å². The lowest BCUT2D eigenvalue weighted by molar-refractivity contribution is 0.104. The first-order valence-corrected chi connectivity index (χ1v) is 7.55. The summed E-state index contributed by atoms with van der Waals surface area (Å²) >= 11 is 0. The lowest BCUT2D eigenvalue weighted by Gasteiger charge is -2.20. The molecule has 5 nitrogen and oxygen atoms in total. The van der Waals surface area contributed by atoms with Gasteiger partial charge in [0, 0.05) is 5.56 Å². The molecule has 0 saturated carbocycles. The minimum atomic E-state index is -0.0912.